The Morgan fingerprint density at radius 3 is 2.53 bits per heavy atom. The van der Waals surface area contributed by atoms with Crippen LogP contribution in [-0.4, -0.2) is 48.8 Å². The van der Waals surface area contributed by atoms with E-state index in [0.717, 1.165) is 11.1 Å². The zero-order valence-electron chi connectivity index (χ0n) is 25.5. The van der Waals surface area contributed by atoms with Crippen molar-refractivity contribution in [1.29, 1.82) is 0 Å². The quantitative estimate of drug-likeness (QED) is 0.0749. The van der Waals surface area contributed by atoms with Gasteiger partial charge in [0.05, 0.1) is 29.7 Å². The van der Waals surface area contributed by atoms with Crippen molar-refractivity contribution in [2.45, 2.75) is 27.3 Å². The minimum atomic E-state index is -0.996. The smallest absolute Gasteiger partial charge is 0.465 e. The highest BCUT2D eigenvalue weighted by Gasteiger charge is 2.25. The summed E-state index contributed by atoms with van der Waals surface area (Å²) in [6.45, 7) is 5.54. The second-order valence-electron chi connectivity index (χ2n) is 10.3. The molecule has 0 aliphatic carbocycles. The molecule has 0 spiro atoms. The fraction of sp³-hybridized carbons (Fsp3) is 0.152. The van der Waals surface area contributed by atoms with Crippen molar-refractivity contribution >= 4 is 28.9 Å². The van der Waals surface area contributed by atoms with Gasteiger partial charge in [0, 0.05) is 24.9 Å². The van der Waals surface area contributed by atoms with Crippen LogP contribution in [0.4, 0.5) is 4.79 Å². The summed E-state index contributed by atoms with van der Waals surface area (Å²) in [5.41, 5.74) is 4.45. The first kappa shape index (κ1) is 30.6. The highest BCUT2D eigenvalue weighted by Crippen LogP contribution is 2.31. The van der Waals surface area contributed by atoms with Gasteiger partial charge in [0.1, 0.15) is 6.33 Å². The summed E-state index contributed by atoms with van der Waals surface area (Å²) >= 11 is 0. The number of hydrogen-bond acceptors (Lipinski definition) is 11. The molecule has 0 saturated carbocycles. The minimum Gasteiger partial charge on any atom is -0.465 e. The third-order valence-electron chi connectivity index (χ3n) is 7.27. The van der Waals surface area contributed by atoms with E-state index in [1.807, 2.05) is 56.3 Å². The summed E-state index contributed by atoms with van der Waals surface area (Å²) in [6, 6.07) is 17.9. The zero-order chi connectivity index (χ0) is 33.1. The van der Waals surface area contributed by atoms with E-state index in [1.165, 1.54) is 30.2 Å². The number of hydrogen-bond donors (Lipinski definition) is 2. The number of amidine groups is 1. The van der Waals surface area contributed by atoms with Crippen molar-refractivity contribution in [2.75, 3.05) is 6.61 Å². The van der Waals surface area contributed by atoms with Gasteiger partial charge in [-0.15, -0.1) is 0 Å². The summed E-state index contributed by atoms with van der Waals surface area (Å²) in [5, 5.41) is 16.2. The monoisotopic (exact) mass is 636 g/mol. The summed E-state index contributed by atoms with van der Waals surface area (Å²) in [7, 11) is 0. The van der Waals surface area contributed by atoms with Gasteiger partial charge in [-0.2, -0.15) is 4.98 Å². The topological polar surface area (TPSA) is 176 Å². The Kier molecular flexibility index (Phi) is 8.38. The molecule has 1 amide bonds. The summed E-state index contributed by atoms with van der Waals surface area (Å²) in [6.07, 6.45) is 4.24. The first-order valence-electron chi connectivity index (χ1n) is 14.4. The highest BCUT2D eigenvalue weighted by atomic mass is 16.7. The van der Waals surface area contributed by atoms with Gasteiger partial charge < -0.3 is 23.5 Å². The number of esters is 1. The molecule has 3 aromatic carbocycles. The van der Waals surface area contributed by atoms with E-state index in [1.54, 1.807) is 22.8 Å². The number of imidazole rings is 2. The molecule has 3 heterocycles. The zero-order valence-corrected chi connectivity index (χ0v) is 25.5. The molecular formula is C33H28N6O8. The van der Waals surface area contributed by atoms with E-state index in [-0.39, 0.29) is 35.7 Å². The predicted molar refractivity (Wildman–Crippen MR) is 168 cm³/mol. The summed E-state index contributed by atoms with van der Waals surface area (Å²) < 4.78 is 23.9. The van der Waals surface area contributed by atoms with Crippen molar-refractivity contribution in [3.05, 3.63) is 118 Å². The molecule has 0 bridgehead atoms. The van der Waals surface area contributed by atoms with Crippen LogP contribution >= 0.6 is 0 Å². The molecule has 6 rings (SSSR count). The second kappa shape index (κ2) is 12.9. The number of ether oxygens (including phenoxy) is 2. The first-order chi connectivity index (χ1) is 22.8. The first-order valence-corrected chi connectivity index (χ1v) is 14.4. The molecule has 0 saturated heterocycles. The Hall–Kier alpha value is -6.44. The van der Waals surface area contributed by atoms with Gasteiger partial charge in [-0.3, -0.25) is 14.5 Å². The number of aryl methyl sites for hydroxylation is 2. The number of aromatic nitrogens is 4. The maximum absolute atomic E-state index is 13.5. The molecule has 0 fully saturated rings. The van der Waals surface area contributed by atoms with Crippen LogP contribution in [0.3, 0.4) is 0 Å². The van der Waals surface area contributed by atoms with Crippen molar-refractivity contribution in [2.24, 2.45) is 5.16 Å². The SMILES string of the molecule is CCOc1nc2c(C)ccc(C(=O)Oc3oc(=O)oc3C)c2n1Cc1ccc(-c2ccccc2)c(C(=NO)NC(=O)n2ccnc2)c1. The number of amides is 1. The Balaban J connectivity index is 1.46. The van der Waals surface area contributed by atoms with Gasteiger partial charge in [-0.05, 0) is 48.2 Å². The van der Waals surface area contributed by atoms with Gasteiger partial charge >= 0.3 is 23.8 Å². The van der Waals surface area contributed by atoms with Crippen LogP contribution in [0, 0.1) is 13.8 Å². The molecule has 0 aliphatic heterocycles. The van der Waals surface area contributed by atoms with Crippen molar-refractivity contribution < 1.29 is 33.1 Å². The minimum absolute atomic E-state index is 0.0164. The second-order valence-corrected chi connectivity index (χ2v) is 10.3. The lowest BCUT2D eigenvalue weighted by atomic mass is 9.96. The van der Waals surface area contributed by atoms with Crippen molar-refractivity contribution in [3.8, 4) is 23.1 Å². The number of carbonyl (C=O) groups is 2. The van der Waals surface area contributed by atoms with Gasteiger partial charge in [0.15, 0.2) is 11.6 Å². The maximum atomic E-state index is 13.5. The van der Waals surface area contributed by atoms with E-state index in [0.29, 0.717) is 34.3 Å². The van der Waals surface area contributed by atoms with Crippen LogP contribution < -0.4 is 20.6 Å². The average Bonchev–Trinajstić information content (AvgIpc) is 3.81. The Morgan fingerprint density at radius 1 is 1.04 bits per heavy atom. The lowest BCUT2D eigenvalue weighted by molar-refractivity contribution is 0.0691. The van der Waals surface area contributed by atoms with Crippen LogP contribution in [0.5, 0.6) is 12.0 Å². The van der Waals surface area contributed by atoms with Crippen LogP contribution in [-0.2, 0) is 6.54 Å². The number of nitrogens with one attached hydrogen (secondary N) is 1. The van der Waals surface area contributed by atoms with E-state index < -0.39 is 17.8 Å². The Morgan fingerprint density at radius 2 is 1.85 bits per heavy atom. The Labute approximate surface area is 266 Å². The van der Waals surface area contributed by atoms with Gasteiger partial charge in [0.25, 0.3) is 6.01 Å². The summed E-state index contributed by atoms with van der Waals surface area (Å²) in [5.74, 6) is -2.22. The molecule has 0 aliphatic rings. The van der Waals surface area contributed by atoms with Gasteiger partial charge in [-0.25, -0.2) is 19.4 Å². The van der Waals surface area contributed by atoms with Gasteiger partial charge in [0.2, 0.25) is 0 Å². The lowest BCUT2D eigenvalue weighted by Gasteiger charge is -2.16. The largest absolute Gasteiger partial charge is 0.521 e. The highest BCUT2D eigenvalue weighted by molar-refractivity contribution is 6.11. The number of fused-ring (bicyclic) bond motifs is 1. The van der Waals surface area contributed by atoms with Crippen LogP contribution in [0.25, 0.3) is 22.2 Å². The number of oxime groups is 1. The van der Waals surface area contributed by atoms with Crippen LogP contribution in [0.2, 0.25) is 0 Å². The fourth-order valence-electron chi connectivity index (χ4n) is 5.09. The molecular weight excluding hydrogens is 608 g/mol. The van der Waals surface area contributed by atoms with E-state index in [4.69, 9.17) is 18.3 Å². The molecule has 238 valence electrons. The Bertz CT molecular complexity index is 2180. The van der Waals surface area contributed by atoms with Crippen LogP contribution in [0.1, 0.15) is 39.7 Å². The molecule has 47 heavy (non-hydrogen) atoms. The van der Waals surface area contributed by atoms with Crippen molar-refractivity contribution in [1.82, 2.24) is 24.4 Å². The van der Waals surface area contributed by atoms with Crippen LogP contribution in [0.15, 0.2) is 98.2 Å². The third kappa shape index (κ3) is 6.11. The normalized spacial score (nSPS) is 11.5. The lowest BCUT2D eigenvalue weighted by Crippen LogP contribution is -2.34. The standard InChI is InChI=1S/C33H28N6O8/c1-4-44-32-35-26-19(2)10-12-24(29(40)46-30-20(3)45-33(42)47-30)27(26)39(32)17-21-11-13-23(22-8-6-5-7-9-22)25(16-21)28(37-43)36-31(41)38-15-14-34-18-38/h5-16,18,43H,4,17H2,1-3H3,(H,36,37,41). The summed E-state index contributed by atoms with van der Waals surface area (Å²) in [4.78, 5) is 46.5. The van der Waals surface area contributed by atoms with E-state index in [2.05, 4.69) is 20.4 Å². The molecule has 14 nitrogen and oxygen atoms in total. The van der Waals surface area contributed by atoms with E-state index >= 15 is 0 Å². The fourth-order valence-corrected chi connectivity index (χ4v) is 5.09. The number of rotatable bonds is 8. The third-order valence-corrected chi connectivity index (χ3v) is 7.27. The number of nitrogens with zero attached hydrogens (tertiary/aromatic N) is 5. The number of carbonyl (C=O) groups excluding carboxylic acids is 2. The molecule has 0 unspecified atom stereocenters. The molecule has 2 N–H and O–H groups in total. The molecule has 14 heteroatoms. The molecule has 3 aromatic heterocycles. The van der Waals surface area contributed by atoms with E-state index in [9.17, 15) is 19.6 Å². The molecule has 6 aromatic rings. The molecule has 0 atom stereocenters. The van der Waals surface area contributed by atoms with Gasteiger partial charge in [-0.1, -0.05) is 53.7 Å². The average molecular weight is 637 g/mol. The number of benzene rings is 3. The maximum Gasteiger partial charge on any atom is 0.521 e. The van der Waals surface area contributed by atoms with Crippen molar-refractivity contribution in [3.63, 3.8) is 0 Å². The predicted octanol–water partition coefficient (Wildman–Crippen LogP) is 5.12. The molecule has 0 radical (unpaired) electrons.